The second kappa shape index (κ2) is 7.20. The van der Waals surface area contributed by atoms with E-state index >= 15 is 0 Å². The van der Waals surface area contributed by atoms with Gasteiger partial charge in [0.25, 0.3) is 5.91 Å². The molecular formula is C19H16ClF2N3O3. The molecule has 2 N–H and O–H groups in total. The molecule has 1 aliphatic rings. The van der Waals surface area contributed by atoms with Crippen molar-refractivity contribution in [2.24, 2.45) is 0 Å². The molecule has 1 fully saturated rings. The van der Waals surface area contributed by atoms with Gasteiger partial charge in [0.2, 0.25) is 5.91 Å². The van der Waals surface area contributed by atoms with E-state index in [4.69, 9.17) is 11.6 Å². The van der Waals surface area contributed by atoms with E-state index in [1.54, 1.807) is 18.2 Å². The van der Waals surface area contributed by atoms with Gasteiger partial charge >= 0.3 is 6.03 Å². The second-order valence-corrected chi connectivity index (χ2v) is 7.01. The normalized spacial score (nSPS) is 19.0. The Labute approximate surface area is 164 Å². The van der Waals surface area contributed by atoms with Gasteiger partial charge in [0.1, 0.15) is 23.7 Å². The molecule has 2 aromatic carbocycles. The smallest absolute Gasteiger partial charge is 0.323 e. The predicted molar refractivity (Wildman–Crippen MR) is 98.8 cm³/mol. The van der Waals surface area contributed by atoms with Crippen molar-refractivity contribution in [1.29, 1.82) is 0 Å². The monoisotopic (exact) mass is 407 g/mol. The van der Waals surface area contributed by atoms with Crippen LogP contribution < -0.4 is 10.6 Å². The Morgan fingerprint density at radius 1 is 1.21 bits per heavy atom. The summed E-state index contributed by atoms with van der Waals surface area (Å²) in [7, 11) is 0. The summed E-state index contributed by atoms with van der Waals surface area (Å²) in [6.07, 6.45) is 0. The number of nitrogens with zero attached hydrogens (tertiary/aromatic N) is 1. The molecule has 0 radical (unpaired) electrons. The maximum absolute atomic E-state index is 14.1. The lowest BCUT2D eigenvalue weighted by atomic mass is 9.91. The zero-order chi connectivity index (χ0) is 20.6. The van der Waals surface area contributed by atoms with Crippen molar-refractivity contribution in [3.8, 4) is 0 Å². The Hall–Kier alpha value is -3.00. The fourth-order valence-electron chi connectivity index (χ4n) is 2.96. The molecule has 1 aliphatic heterocycles. The molecule has 3 rings (SSSR count). The standard InChI is InChI=1S/C19H16ClF2N3O3/c1-10-3-6-15(13(20)7-10)23-16(26)9-25-17(27)19(2,24-18(25)28)12-8-11(21)4-5-14(12)22/h3-8H,9H2,1-2H3,(H,23,26)(H,24,28)/t19-/m1/s1. The minimum absolute atomic E-state index is 0.303. The average Bonchev–Trinajstić information content (AvgIpc) is 2.83. The maximum Gasteiger partial charge on any atom is 0.325 e. The van der Waals surface area contributed by atoms with E-state index in [-0.39, 0.29) is 5.56 Å². The molecular weight excluding hydrogens is 392 g/mol. The van der Waals surface area contributed by atoms with Gasteiger partial charge in [-0.25, -0.2) is 13.6 Å². The number of carbonyl (C=O) groups excluding carboxylic acids is 3. The van der Waals surface area contributed by atoms with Gasteiger partial charge in [-0.15, -0.1) is 0 Å². The Morgan fingerprint density at radius 2 is 1.93 bits per heavy atom. The van der Waals surface area contributed by atoms with Crippen molar-refractivity contribution in [2.45, 2.75) is 19.4 Å². The van der Waals surface area contributed by atoms with Crippen LogP contribution in [-0.2, 0) is 15.1 Å². The highest BCUT2D eigenvalue weighted by Gasteiger charge is 2.50. The number of hydrogen-bond donors (Lipinski definition) is 2. The lowest BCUT2D eigenvalue weighted by molar-refractivity contribution is -0.133. The first-order valence-electron chi connectivity index (χ1n) is 8.27. The number of amides is 4. The van der Waals surface area contributed by atoms with Gasteiger partial charge < -0.3 is 10.6 Å². The average molecular weight is 408 g/mol. The highest BCUT2D eigenvalue weighted by atomic mass is 35.5. The van der Waals surface area contributed by atoms with Gasteiger partial charge in [-0.05, 0) is 49.7 Å². The minimum Gasteiger partial charge on any atom is -0.323 e. The Balaban J connectivity index is 1.80. The van der Waals surface area contributed by atoms with Crippen LogP contribution in [0.5, 0.6) is 0 Å². The molecule has 9 heteroatoms. The molecule has 4 amide bonds. The van der Waals surface area contributed by atoms with Crippen molar-refractivity contribution in [1.82, 2.24) is 10.2 Å². The zero-order valence-electron chi connectivity index (χ0n) is 15.0. The van der Waals surface area contributed by atoms with Crippen LogP contribution in [0.4, 0.5) is 19.3 Å². The molecule has 2 aromatic rings. The van der Waals surface area contributed by atoms with Crippen LogP contribution in [0.2, 0.25) is 5.02 Å². The lowest BCUT2D eigenvalue weighted by Gasteiger charge is -2.22. The number of carbonyl (C=O) groups is 3. The van der Waals surface area contributed by atoms with Gasteiger partial charge in [-0.1, -0.05) is 17.7 Å². The summed E-state index contributed by atoms with van der Waals surface area (Å²) in [6, 6.07) is 6.69. The van der Waals surface area contributed by atoms with Crippen molar-refractivity contribution >= 4 is 35.1 Å². The Kier molecular flexibility index (Phi) is 5.08. The number of nitrogens with one attached hydrogen (secondary N) is 2. The number of halogens is 3. The van der Waals surface area contributed by atoms with Crippen LogP contribution in [0.3, 0.4) is 0 Å². The molecule has 6 nitrogen and oxygen atoms in total. The molecule has 1 heterocycles. The number of benzene rings is 2. The molecule has 0 spiro atoms. The third kappa shape index (κ3) is 3.55. The van der Waals surface area contributed by atoms with Crippen LogP contribution in [0.15, 0.2) is 36.4 Å². The van der Waals surface area contributed by atoms with Gasteiger partial charge in [0.15, 0.2) is 0 Å². The van der Waals surface area contributed by atoms with E-state index in [1.165, 1.54) is 6.92 Å². The van der Waals surface area contributed by atoms with Crippen molar-refractivity contribution in [3.63, 3.8) is 0 Å². The Bertz CT molecular complexity index is 998. The quantitative estimate of drug-likeness (QED) is 0.763. The van der Waals surface area contributed by atoms with Crippen LogP contribution in [0.1, 0.15) is 18.1 Å². The largest absolute Gasteiger partial charge is 0.325 e. The zero-order valence-corrected chi connectivity index (χ0v) is 15.7. The van der Waals surface area contributed by atoms with E-state index in [1.807, 2.05) is 6.92 Å². The summed E-state index contributed by atoms with van der Waals surface area (Å²) >= 11 is 6.05. The first-order chi connectivity index (χ1) is 13.1. The van der Waals surface area contributed by atoms with E-state index in [2.05, 4.69) is 10.6 Å². The van der Waals surface area contributed by atoms with Crippen molar-refractivity contribution in [3.05, 3.63) is 64.2 Å². The highest BCUT2D eigenvalue weighted by Crippen LogP contribution is 2.31. The molecule has 1 atom stereocenters. The summed E-state index contributed by atoms with van der Waals surface area (Å²) in [5.41, 5.74) is -0.936. The molecule has 0 bridgehead atoms. The summed E-state index contributed by atoms with van der Waals surface area (Å²) in [5.74, 6) is -3.15. The molecule has 1 saturated heterocycles. The molecule has 0 aromatic heterocycles. The molecule has 146 valence electrons. The third-order valence-electron chi connectivity index (χ3n) is 4.44. The Morgan fingerprint density at radius 3 is 2.61 bits per heavy atom. The topological polar surface area (TPSA) is 78.5 Å². The highest BCUT2D eigenvalue weighted by molar-refractivity contribution is 6.33. The van der Waals surface area contributed by atoms with Crippen LogP contribution in [-0.4, -0.2) is 29.3 Å². The van der Waals surface area contributed by atoms with Crippen molar-refractivity contribution < 1.29 is 23.2 Å². The number of imide groups is 1. The SMILES string of the molecule is Cc1ccc(NC(=O)CN2C(=O)N[C@](C)(c3cc(F)ccc3F)C2=O)c(Cl)c1. The number of anilines is 1. The van der Waals surface area contributed by atoms with Crippen LogP contribution in [0.25, 0.3) is 0 Å². The molecule has 0 saturated carbocycles. The summed E-state index contributed by atoms with van der Waals surface area (Å²) in [5, 5.41) is 5.14. The van der Waals surface area contributed by atoms with Gasteiger partial charge in [0.05, 0.1) is 10.7 Å². The third-order valence-corrected chi connectivity index (χ3v) is 4.76. The van der Waals surface area contributed by atoms with Crippen LogP contribution in [0, 0.1) is 18.6 Å². The summed E-state index contributed by atoms with van der Waals surface area (Å²) < 4.78 is 27.7. The predicted octanol–water partition coefficient (Wildman–Crippen LogP) is 3.33. The maximum atomic E-state index is 14.1. The van der Waals surface area contributed by atoms with E-state index in [0.717, 1.165) is 23.8 Å². The molecule has 0 unspecified atom stereocenters. The summed E-state index contributed by atoms with van der Waals surface area (Å²) in [6.45, 7) is 2.47. The van der Waals surface area contributed by atoms with E-state index in [9.17, 15) is 23.2 Å². The first kappa shape index (κ1) is 19.8. The lowest BCUT2D eigenvalue weighted by Crippen LogP contribution is -2.42. The first-order valence-corrected chi connectivity index (χ1v) is 8.65. The molecule has 28 heavy (non-hydrogen) atoms. The molecule has 0 aliphatic carbocycles. The van der Waals surface area contributed by atoms with E-state index in [0.29, 0.717) is 15.6 Å². The van der Waals surface area contributed by atoms with Gasteiger partial charge in [-0.3, -0.25) is 14.5 Å². The number of rotatable bonds is 4. The second-order valence-electron chi connectivity index (χ2n) is 6.60. The number of aryl methyl sites for hydroxylation is 1. The fourth-order valence-corrected chi connectivity index (χ4v) is 3.24. The fraction of sp³-hybridized carbons (Fsp3) is 0.211. The summed E-state index contributed by atoms with van der Waals surface area (Å²) in [4.78, 5) is 37.9. The van der Waals surface area contributed by atoms with Gasteiger partial charge in [-0.2, -0.15) is 0 Å². The number of hydrogen-bond acceptors (Lipinski definition) is 3. The minimum atomic E-state index is -1.83. The van der Waals surface area contributed by atoms with E-state index < -0.39 is 41.6 Å². The van der Waals surface area contributed by atoms with Gasteiger partial charge in [0, 0.05) is 5.56 Å². The van der Waals surface area contributed by atoms with Crippen LogP contribution >= 0.6 is 11.6 Å². The van der Waals surface area contributed by atoms with Crippen molar-refractivity contribution in [2.75, 3.05) is 11.9 Å². The number of urea groups is 1.